The zero-order valence-corrected chi connectivity index (χ0v) is 11.4. The monoisotopic (exact) mass is 315 g/mol. The average Bonchev–Trinajstić information content (AvgIpc) is 3.08. The fourth-order valence-electron chi connectivity index (χ4n) is 2.31. The van der Waals surface area contributed by atoms with Crippen LogP contribution < -0.4 is 4.90 Å². The van der Waals surface area contributed by atoms with E-state index in [9.17, 15) is 4.79 Å². The molecule has 3 rings (SSSR count). The first-order valence-corrected chi connectivity index (χ1v) is 7.21. The van der Waals surface area contributed by atoms with Gasteiger partial charge < -0.3 is 9.15 Å². The van der Waals surface area contributed by atoms with Crippen molar-refractivity contribution in [1.82, 2.24) is 10.2 Å². The largest absolute Gasteiger partial charge is 0.405 e. The fourth-order valence-corrected chi connectivity index (χ4v) is 2.74. The van der Waals surface area contributed by atoms with E-state index < -0.39 is 0 Å². The minimum atomic E-state index is -0.101. The maximum Gasteiger partial charge on any atom is 0.325 e. The lowest BCUT2D eigenvalue weighted by atomic mass is 10.2. The molecule has 0 aliphatic carbocycles. The van der Waals surface area contributed by atoms with Crippen LogP contribution in [0.5, 0.6) is 0 Å². The molecule has 2 aliphatic rings. The van der Waals surface area contributed by atoms with Crippen LogP contribution in [0, 0.1) is 5.92 Å². The molecule has 3 heterocycles. The molecule has 98 valence electrons. The van der Waals surface area contributed by atoms with Crippen molar-refractivity contribution in [3.8, 4) is 0 Å². The molecule has 1 amide bonds. The van der Waals surface area contributed by atoms with Gasteiger partial charge in [-0.3, -0.25) is 9.69 Å². The number of alkyl halides is 1. The molecule has 6 nitrogen and oxygen atoms in total. The molecule has 2 unspecified atom stereocenters. The molecular weight excluding hydrogens is 302 g/mol. The molecule has 2 aliphatic heterocycles. The molecule has 2 atom stereocenters. The molecule has 0 radical (unpaired) electrons. The summed E-state index contributed by atoms with van der Waals surface area (Å²) in [5, 5.41) is 8.74. The minimum Gasteiger partial charge on any atom is -0.405 e. The summed E-state index contributed by atoms with van der Waals surface area (Å²) in [5.41, 5.74) is 0. The van der Waals surface area contributed by atoms with Crippen molar-refractivity contribution in [2.45, 2.75) is 25.4 Å². The van der Waals surface area contributed by atoms with E-state index in [-0.39, 0.29) is 12.0 Å². The quantitative estimate of drug-likeness (QED) is 0.794. The summed E-state index contributed by atoms with van der Waals surface area (Å²) in [6.07, 6.45) is 2.34. The van der Waals surface area contributed by atoms with Crippen molar-refractivity contribution >= 4 is 27.9 Å². The predicted molar refractivity (Wildman–Crippen MR) is 66.5 cm³/mol. The van der Waals surface area contributed by atoms with Crippen molar-refractivity contribution in [1.29, 1.82) is 0 Å². The number of carbonyl (C=O) groups is 1. The topological polar surface area (TPSA) is 68.5 Å². The fraction of sp³-hybridized carbons (Fsp3) is 0.727. The Morgan fingerprint density at radius 1 is 1.44 bits per heavy atom. The van der Waals surface area contributed by atoms with Gasteiger partial charge in [-0.05, 0) is 18.8 Å². The van der Waals surface area contributed by atoms with E-state index in [0.717, 1.165) is 24.8 Å². The summed E-state index contributed by atoms with van der Waals surface area (Å²) in [7, 11) is 0. The van der Waals surface area contributed by atoms with Crippen LogP contribution in [0.4, 0.5) is 6.01 Å². The highest BCUT2D eigenvalue weighted by atomic mass is 79.9. The zero-order chi connectivity index (χ0) is 12.5. The Morgan fingerprint density at radius 2 is 2.33 bits per heavy atom. The summed E-state index contributed by atoms with van der Waals surface area (Å²) < 4.78 is 11.0. The molecule has 7 heteroatoms. The highest BCUT2D eigenvalue weighted by molar-refractivity contribution is 9.09. The Balaban J connectivity index is 1.74. The van der Waals surface area contributed by atoms with Crippen LogP contribution in [0.3, 0.4) is 0 Å². The van der Waals surface area contributed by atoms with Crippen molar-refractivity contribution in [2.24, 2.45) is 5.92 Å². The van der Waals surface area contributed by atoms with Crippen LogP contribution in [-0.2, 0) is 9.53 Å². The van der Waals surface area contributed by atoms with E-state index in [1.165, 1.54) is 0 Å². The van der Waals surface area contributed by atoms with Gasteiger partial charge in [-0.15, -0.1) is 5.10 Å². The number of hydrogen-bond donors (Lipinski definition) is 0. The highest BCUT2D eigenvalue weighted by Crippen LogP contribution is 2.31. The lowest BCUT2D eigenvalue weighted by molar-refractivity contribution is -0.117. The Labute approximate surface area is 113 Å². The third-order valence-corrected chi connectivity index (χ3v) is 4.21. The maximum absolute atomic E-state index is 11.8. The van der Waals surface area contributed by atoms with Gasteiger partial charge in [0.2, 0.25) is 11.8 Å². The van der Waals surface area contributed by atoms with Crippen LogP contribution in [0.2, 0.25) is 0 Å². The molecule has 0 spiro atoms. The Morgan fingerprint density at radius 3 is 3.00 bits per heavy atom. The third-order valence-electron chi connectivity index (χ3n) is 3.29. The van der Waals surface area contributed by atoms with Crippen molar-refractivity contribution in [3.05, 3.63) is 5.89 Å². The number of rotatable bonds is 3. The molecule has 2 saturated heterocycles. The van der Waals surface area contributed by atoms with E-state index >= 15 is 0 Å². The Hall–Kier alpha value is -0.950. The Bertz CT molecular complexity index is 444. The second-order valence-electron chi connectivity index (χ2n) is 4.65. The number of halogens is 1. The number of nitrogens with zero attached hydrogens (tertiary/aromatic N) is 3. The smallest absolute Gasteiger partial charge is 0.325 e. The summed E-state index contributed by atoms with van der Waals surface area (Å²) in [6.45, 7) is 1.37. The van der Waals surface area contributed by atoms with Crippen LogP contribution in [0.15, 0.2) is 4.42 Å². The first-order valence-electron chi connectivity index (χ1n) is 6.09. The van der Waals surface area contributed by atoms with Gasteiger partial charge in [0.1, 0.15) is 6.10 Å². The van der Waals surface area contributed by atoms with Gasteiger partial charge in [0.25, 0.3) is 0 Å². The van der Waals surface area contributed by atoms with Crippen LogP contribution in [0.25, 0.3) is 0 Å². The summed E-state index contributed by atoms with van der Waals surface area (Å²) in [4.78, 5) is 13.4. The minimum absolute atomic E-state index is 0.0435. The lowest BCUT2D eigenvalue weighted by Crippen LogP contribution is -2.24. The molecule has 0 bridgehead atoms. The molecule has 1 aromatic heterocycles. The SMILES string of the molecule is O=C1CC(CBr)CN1c1nnc(C2CCCO2)o1. The lowest BCUT2D eigenvalue weighted by Gasteiger charge is -2.10. The van der Waals surface area contributed by atoms with Gasteiger partial charge >= 0.3 is 6.01 Å². The number of anilines is 1. The maximum atomic E-state index is 11.8. The predicted octanol–water partition coefficient (Wildman–Crippen LogP) is 1.67. The van der Waals surface area contributed by atoms with Gasteiger partial charge in [-0.2, -0.15) is 0 Å². The molecule has 1 aromatic rings. The average molecular weight is 316 g/mol. The normalized spacial score (nSPS) is 28.3. The van der Waals surface area contributed by atoms with E-state index in [4.69, 9.17) is 9.15 Å². The number of aromatic nitrogens is 2. The second kappa shape index (κ2) is 4.97. The number of carbonyl (C=O) groups excluding carboxylic acids is 1. The van der Waals surface area contributed by atoms with E-state index in [1.807, 2.05) is 0 Å². The molecule has 2 fully saturated rings. The van der Waals surface area contributed by atoms with Gasteiger partial charge in [-0.25, -0.2) is 0 Å². The second-order valence-corrected chi connectivity index (χ2v) is 5.30. The van der Waals surface area contributed by atoms with Crippen LogP contribution in [-0.4, -0.2) is 34.6 Å². The van der Waals surface area contributed by atoms with E-state index in [1.54, 1.807) is 4.90 Å². The zero-order valence-electron chi connectivity index (χ0n) is 9.84. The van der Waals surface area contributed by atoms with Gasteiger partial charge in [0.15, 0.2) is 0 Å². The first-order chi connectivity index (χ1) is 8.78. The van der Waals surface area contributed by atoms with Crippen molar-refractivity contribution in [2.75, 3.05) is 23.4 Å². The van der Waals surface area contributed by atoms with Gasteiger partial charge in [0.05, 0.1) is 0 Å². The number of hydrogen-bond acceptors (Lipinski definition) is 5. The molecule has 18 heavy (non-hydrogen) atoms. The third kappa shape index (κ3) is 2.16. The van der Waals surface area contributed by atoms with Crippen molar-refractivity contribution in [3.63, 3.8) is 0 Å². The van der Waals surface area contributed by atoms with Crippen molar-refractivity contribution < 1.29 is 13.9 Å². The van der Waals surface area contributed by atoms with Gasteiger partial charge in [-0.1, -0.05) is 21.0 Å². The van der Waals surface area contributed by atoms with Crippen LogP contribution >= 0.6 is 15.9 Å². The highest BCUT2D eigenvalue weighted by Gasteiger charge is 2.34. The number of amides is 1. The molecule has 0 aromatic carbocycles. The molecule has 0 saturated carbocycles. The van der Waals surface area contributed by atoms with E-state index in [0.29, 0.717) is 30.8 Å². The standard InChI is InChI=1S/C11H14BrN3O3/c12-5-7-4-9(16)15(6-7)11-14-13-10(18-11)8-2-1-3-17-8/h7-8H,1-6H2. The first kappa shape index (κ1) is 12.1. The molecule has 0 N–H and O–H groups in total. The Kier molecular flexibility index (Phi) is 3.34. The summed E-state index contributed by atoms with van der Waals surface area (Å²) in [5.74, 6) is 0.843. The summed E-state index contributed by atoms with van der Waals surface area (Å²) in [6, 6.07) is 0.300. The molecular formula is C11H14BrN3O3. The van der Waals surface area contributed by atoms with Gasteiger partial charge in [0, 0.05) is 24.9 Å². The summed E-state index contributed by atoms with van der Waals surface area (Å²) >= 11 is 3.40. The number of ether oxygens (including phenoxy) is 1. The van der Waals surface area contributed by atoms with Crippen LogP contribution in [0.1, 0.15) is 31.3 Å². The van der Waals surface area contributed by atoms with E-state index in [2.05, 4.69) is 26.1 Å².